The van der Waals surface area contributed by atoms with Crippen LogP contribution >= 0.6 is 11.6 Å². The summed E-state index contributed by atoms with van der Waals surface area (Å²) in [6, 6.07) is 19.2. The number of nitrogens with zero attached hydrogens (tertiary/aromatic N) is 1. The molecule has 1 aliphatic heterocycles. The maximum Gasteiger partial charge on any atom is 0.0616 e. The van der Waals surface area contributed by atoms with Gasteiger partial charge in [-0.2, -0.15) is 0 Å². The standard InChI is InChI=1S/C17H18ClN/c18-16-11-5-4-10-15(16)17(19-12-6-7-13-19)14-8-2-1-3-9-14/h1-5,8-11,17H,6-7,12-13H2. The number of halogens is 1. The van der Waals surface area contributed by atoms with Gasteiger partial charge in [0, 0.05) is 5.02 Å². The zero-order valence-electron chi connectivity index (χ0n) is 10.9. The average Bonchev–Trinajstić information content (AvgIpc) is 2.96. The quantitative estimate of drug-likeness (QED) is 0.793. The van der Waals surface area contributed by atoms with Crippen molar-refractivity contribution in [3.05, 3.63) is 70.7 Å². The first-order valence-corrected chi connectivity index (χ1v) is 7.27. The molecule has 3 rings (SSSR count). The summed E-state index contributed by atoms with van der Waals surface area (Å²) in [6.07, 6.45) is 2.57. The van der Waals surface area contributed by atoms with E-state index in [4.69, 9.17) is 11.6 Å². The minimum atomic E-state index is 0.289. The second-order valence-corrected chi connectivity index (χ2v) is 5.49. The Labute approximate surface area is 119 Å². The predicted octanol–water partition coefficient (Wildman–Crippen LogP) is 4.53. The van der Waals surface area contributed by atoms with Crippen LogP contribution in [0.3, 0.4) is 0 Å². The molecule has 0 N–H and O–H groups in total. The molecule has 2 heteroatoms. The van der Waals surface area contributed by atoms with E-state index in [-0.39, 0.29) is 6.04 Å². The molecule has 19 heavy (non-hydrogen) atoms. The summed E-state index contributed by atoms with van der Waals surface area (Å²) < 4.78 is 0. The van der Waals surface area contributed by atoms with Gasteiger partial charge in [0.2, 0.25) is 0 Å². The lowest BCUT2D eigenvalue weighted by Crippen LogP contribution is -2.26. The smallest absolute Gasteiger partial charge is 0.0616 e. The van der Waals surface area contributed by atoms with E-state index in [1.165, 1.54) is 24.0 Å². The van der Waals surface area contributed by atoms with Crippen molar-refractivity contribution in [1.82, 2.24) is 4.90 Å². The van der Waals surface area contributed by atoms with Gasteiger partial charge in [0.1, 0.15) is 0 Å². The molecule has 1 heterocycles. The maximum atomic E-state index is 6.42. The molecule has 0 saturated carbocycles. The summed E-state index contributed by atoms with van der Waals surface area (Å²) in [7, 11) is 0. The average molecular weight is 272 g/mol. The van der Waals surface area contributed by atoms with Crippen LogP contribution < -0.4 is 0 Å². The van der Waals surface area contributed by atoms with Crippen LogP contribution in [0.2, 0.25) is 5.02 Å². The van der Waals surface area contributed by atoms with E-state index in [1.807, 2.05) is 12.1 Å². The second-order valence-electron chi connectivity index (χ2n) is 5.08. The Morgan fingerprint density at radius 1 is 0.842 bits per heavy atom. The first-order valence-electron chi connectivity index (χ1n) is 6.90. The zero-order chi connectivity index (χ0) is 13.1. The third-order valence-electron chi connectivity index (χ3n) is 3.82. The SMILES string of the molecule is Clc1ccccc1C(c1ccccc1)N1CCCC1. The lowest BCUT2D eigenvalue weighted by atomic mass is 9.97. The number of likely N-dealkylation sites (tertiary alicyclic amines) is 1. The number of hydrogen-bond donors (Lipinski definition) is 0. The molecule has 2 aromatic carbocycles. The normalized spacial score (nSPS) is 17.5. The molecule has 1 aliphatic rings. The molecular formula is C17H18ClN. The van der Waals surface area contributed by atoms with Crippen LogP contribution in [-0.2, 0) is 0 Å². The van der Waals surface area contributed by atoms with Crippen molar-refractivity contribution in [1.29, 1.82) is 0 Å². The minimum absolute atomic E-state index is 0.289. The molecule has 1 unspecified atom stereocenters. The van der Waals surface area contributed by atoms with Crippen molar-refractivity contribution in [3.63, 3.8) is 0 Å². The lowest BCUT2D eigenvalue weighted by molar-refractivity contribution is 0.281. The summed E-state index contributed by atoms with van der Waals surface area (Å²) in [4.78, 5) is 2.54. The minimum Gasteiger partial charge on any atom is -0.292 e. The summed E-state index contributed by atoms with van der Waals surface area (Å²) >= 11 is 6.42. The molecule has 2 aromatic rings. The number of benzene rings is 2. The van der Waals surface area contributed by atoms with Crippen LogP contribution in [0.1, 0.15) is 30.0 Å². The van der Waals surface area contributed by atoms with Gasteiger partial charge in [0.05, 0.1) is 6.04 Å². The van der Waals surface area contributed by atoms with Crippen molar-refractivity contribution in [2.24, 2.45) is 0 Å². The molecule has 0 amide bonds. The summed E-state index contributed by atoms with van der Waals surface area (Å²) in [6.45, 7) is 2.32. The van der Waals surface area contributed by atoms with E-state index in [0.29, 0.717) is 0 Å². The van der Waals surface area contributed by atoms with Crippen molar-refractivity contribution in [2.75, 3.05) is 13.1 Å². The van der Waals surface area contributed by atoms with Crippen LogP contribution in [-0.4, -0.2) is 18.0 Å². The fraction of sp³-hybridized carbons (Fsp3) is 0.294. The van der Waals surface area contributed by atoms with Crippen molar-refractivity contribution >= 4 is 11.6 Å². The Kier molecular flexibility index (Phi) is 3.86. The van der Waals surface area contributed by atoms with Gasteiger partial charge in [-0.25, -0.2) is 0 Å². The molecule has 1 fully saturated rings. The van der Waals surface area contributed by atoms with E-state index < -0.39 is 0 Å². The molecule has 0 bridgehead atoms. The third-order valence-corrected chi connectivity index (χ3v) is 4.17. The Morgan fingerprint density at radius 3 is 2.16 bits per heavy atom. The molecule has 1 atom stereocenters. The topological polar surface area (TPSA) is 3.24 Å². The monoisotopic (exact) mass is 271 g/mol. The van der Waals surface area contributed by atoms with E-state index in [1.54, 1.807) is 0 Å². The van der Waals surface area contributed by atoms with Gasteiger partial charge in [-0.1, -0.05) is 60.1 Å². The molecular weight excluding hydrogens is 254 g/mol. The van der Waals surface area contributed by atoms with Crippen LogP contribution in [0.25, 0.3) is 0 Å². The maximum absolute atomic E-state index is 6.42. The van der Waals surface area contributed by atoms with Crippen LogP contribution in [0.15, 0.2) is 54.6 Å². The van der Waals surface area contributed by atoms with Gasteiger partial charge in [-0.3, -0.25) is 4.90 Å². The molecule has 0 radical (unpaired) electrons. The van der Waals surface area contributed by atoms with Crippen LogP contribution in [0.5, 0.6) is 0 Å². The largest absolute Gasteiger partial charge is 0.292 e. The predicted molar refractivity (Wildman–Crippen MR) is 80.5 cm³/mol. The number of rotatable bonds is 3. The molecule has 1 saturated heterocycles. The number of hydrogen-bond acceptors (Lipinski definition) is 1. The van der Waals surface area contributed by atoms with Gasteiger partial charge in [-0.15, -0.1) is 0 Å². The van der Waals surface area contributed by atoms with Gasteiger partial charge in [0.25, 0.3) is 0 Å². The Morgan fingerprint density at radius 2 is 1.47 bits per heavy atom. The molecule has 0 spiro atoms. The van der Waals surface area contributed by atoms with Crippen molar-refractivity contribution in [2.45, 2.75) is 18.9 Å². The highest BCUT2D eigenvalue weighted by Gasteiger charge is 2.26. The lowest BCUT2D eigenvalue weighted by Gasteiger charge is -2.29. The molecule has 0 aliphatic carbocycles. The highest BCUT2D eigenvalue weighted by molar-refractivity contribution is 6.31. The first-order chi connectivity index (χ1) is 9.36. The Balaban J connectivity index is 2.04. The van der Waals surface area contributed by atoms with Crippen LogP contribution in [0, 0.1) is 0 Å². The van der Waals surface area contributed by atoms with E-state index in [2.05, 4.69) is 47.4 Å². The second kappa shape index (κ2) is 5.77. The Bertz CT molecular complexity index is 532. The summed E-state index contributed by atoms with van der Waals surface area (Å²) in [5.74, 6) is 0. The fourth-order valence-corrected chi connectivity index (χ4v) is 3.16. The molecule has 0 aromatic heterocycles. The summed E-state index contributed by atoms with van der Waals surface area (Å²) in [5, 5.41) is 0.864. The third kappa shape index (κ3) is 2.68. The van der Waals surface area contributed by atoms with Crippen molar-refractivity contribution < 1.29 is 0 Å². The highest BCUT2D eigenvalue weighted by atomic mass is 35.5. The van der Waals surface area contributed by atoms with Gasteiger partial charge < -0.3 is 0 Å². The van der Waals surface area contributed by atoms with Crippen molar-refractivity contribution in [3.8, 4) is 0 Å². The van der Waals surface area contributed by atoms with E-state index in [0.717, 1.165) is 18.1 Å². The van der Waals surface area contributed by atoms with Gasteiger partial charge >= 0.3 is 0 Å². The summed E-state index contributed by atoms with van der Waals surface area (Å²) in [5.41, 5.74) is 2.55. The fourth-order valence-electron chi connectivity index (χ4n) is 2.92. The van der Waals surface area contributed by atoms with E-state index in [9.17, 15) is 0 Å². The highest BCUT2D eigenvalue weighted by Crippen LogP contribution is 2.35. The zero-order valence-corrected chi connectivity index (χ0v) is 11.7. The first kappa shape index (κ1) is 12.7. The van der Waals surface area contributed by atoms with E-state index >= 15 is 0 Å². The van der Waals surface area contributed by atoms with Gasteiger partial charge in [-0.05, 0) is 43.1 Å². The molecule has 98 valence electrons. The molecule has 1 nitrogen and oxygen atoms in total. The van der Waals surface area contributed by atoms with Crippen LogP contribution in [0.4, 0.5) is 0 Å². The Hall–Kier alpha value is -1.31. The van der Waals surface area contributed by atoms with Gasteiger partial charge in [0.15, 0.2) is 0 Å².